The van der Waals surface area contributed by atoms with E-state index < -0.39 is 10.0 Å². The topological polar surface area (TPSA) is 84.5 Å². The maximum absolute atomic E-state index is 12.8. The molecule has 1 aliphatic rings. The van der Waals surface area contributed by atoms with Gasteiger partial charge in [-0.2, -0.15) is 0 Å². The van der Waals surface area contributed by atoms with E-state index in [0.29, 0.717) is 22.7 Å². The normalized spacial score (nSPS) is 13.7. The first-order chi connectivity index (χ1) is 11.3. The van der Waals surface area contributed by atoms with Crippen LogP contribution in [0.15, 0.2) is 35.2 Å². The molecular formula is C17H18N2O4S. The molecule has 6 nitrogen and oxygen atoms in total. The predicted molar refractivity (Wildman–Crippen MR) is 92.0 cm³/mol. The predicted octanol–water partition coefficient (Wildman–Crippen LogP) is 2.74. The summed E-state index contributed by atoms with van der Waals surface area (Å²) in [5.41, 5.74) is 3.35. The van der Waals surface area contributed by atoms with Gasteiger partial charge in [0, 0.05) is 6.07 Å². The summed E-state index contributed by atoms with van der Waals surface area (Å²) >= 11 is 0. The lowest BCUT2D eigenvalue weighted by Crippen LogP contribution is -2.26. The molecule has 3 rings (SSSR count). The van der Waals surface area contributed by atoms with Gasteiger partial charge in [0.25, 0.3) is 15.9 Å². The highest BCUT2D eigenvalue weighted by Gasteiger charge is 2.24. The van der Waals surface area contributed by atoms with Crippen LogP contribution in [-0.2, 0) is 14.8 Å². The number of carbonyl (C=O) groups is 1. The van der Waals surface area contributed by atoms with Gasteiger partial charge in [-0.3, -0.25) is 9.52 Å². The Morgan fingerprint density at radius 3 is 2.58 bits per heavy atom. The van der Waals surface area contributed by atoms with Crippen molar-refractivity contribution in [3.05, 3.63) is 47.0 Å². The van der Waals surface area contributed by atoms with Gasteiger partial charge in [-0.25, -0.2) is 8.42 Å². The highest BCUT2D eigenvalue weighted by atomic mass is 32.2. The van der Waals surface area contributed by atoms with Crippen molar-refractivity contribution in [2.45, 2.75) is 25.7 Å². The zero-order chi connectivity index (χ0) is 17.5. The minimum Gasteiger partial charge on any atom is -0.482 e. The molecule has 0 saturated heterocycles. The first kappa shape index (κ1) is 16.3. The molecule has 0 bridgehead atoms. The van der Waals surface area contributed by atoms with Crippen LogP contribution < -0.4 is 14.8 Å². The van der Waals surface area contributed by atoms with E-state index in [0.717, 1.165) is 11.1 Å². The average molecular weight is 346 g/mol. The molecule has 2 aromatic carbocycles. The monoisotopic (exact) mass is 346 g/mol. The van der Waals surface area contributed by atoms with Crippen molar-refractivity contribution in [1.29, 1.82) is 0 Å². The lowest BCUT2D eigenvalue weighted by molar-refractivity contribution is -0.118. The summed E-state index contributed by atoms with van der Waals surface area (Å²) < 4.78 is 33.5. The van der Waals surface area contributed by atoms with Gasteiger partial charge in [0.1, 0.15) is 5.75 Å². The molecule has 1 aliphatic heterocycles. The smallest absolute Gasteiger partial charge is 0.262 e. The molecular weight excluding hydrogens is 328 g/mol. The highest BCUT2D eigenvalue weighted by molar-refractivity contribution is 7.92. The van der Waals surface area contributed by atoms with E-state index in [1.165, 1.54) is 6.07 Å². The molecule has 0 radical (unpaired) electrons. The van der Waals surface area contributed by atoms with Crippen LogP contribution in [0.5, 0.6) is 5.75 Å². The molecule has 0 unspecified atom stereocenters. The minimum absolute atomic E-state index is 0.123. The summed E-state index contributed by atoms with van der Waals surface area (Å²) in [5, 5.41) is 2.67. The van der Waals surface area contributed by atoms with Crippen LogP contribution >= 0.6 is 0 Å². The van der Waals surface area contributed by atoms with Gasteiger partial charge in [0.2, 0.25) is 0 Å². The van der Waals surface area contributed by atoms with Crippen molar-refractivity contribution < 1.29 is 17.9 Å². The third kappa shape index (κ3) is 3.07. The summed E-state index contributed by atoms with van der Waals surface area (Å²) in [5.74, 6) is 0.0903. The Morgan fingerprint density at radius 1 is 1.08 bits per heavy atom. The van der Waals surface area contributed by atoms with Crippen LogP contribution in [-0.4, -0.2) is 20.9 Å². The number of sulfonamides is 1. The molecule has 2 aromatic rings. The maximum Gasteiger partial charge on any atom is 0.262 e. The van der Waals surface area contributed by atoms with Gasteiger partial charge >= 0.3 is 0 Å². The molecule has 0 aromatic heterocycles. The van der Waals surface area contributed by atoms with E-state index in [4.69, 9.17) is 4.74 Å². The molecule has 24 heavy (non-hydrogen) atoms. The maximum atomic E-state index is 12.8. The second-order valence-corrected chi connectivity index (χ2v) is 7.53. The number of aryl methyl sites for hydroxylation is 3. The van der Waals surface area contributed by atoms with Crippen LogP contribution in [0.25, 0.3) is 0 Å². The minimum atomic E-state index is -3.77. The van der Waals surface area contributed by atoms with E-state index in [-0.39, 0.29) is 17.4 Å². The fourth-order valence-electron chi connectivity index (χ4n) is 2.55. The van der Waals surface area contributed by atoms with Gasteiger partial charge < -0.3 is 10.1 Å². The highest BCUT2D eigenvalue weighted by Crippen LogP contribution is 2.33. The Kier molecular flexibility index (Phi) is 3.96. The third-order valence-corrected chi connectivity index (χ3v) is 5.34. The molecule has 1 amide bonds. The quantitative estimate of drug-likeness (QED) is 0.895. The van der Waals surface area contributed by atoms with Gasteiger partial charge in [-0.05, 0) is 49.6 Å². The zero-order valence-electron chi connectivity index (χ0n) is 13.6. The summed E-state index contributed by atoms with van der Waals surface area (Å²) in [6, 6.07) is 8.62. The first-order valence-electron chi connectivity index (χ1n) is 7.43. The zero-order valence-corrected chi connectivity index (χ0v) is 14.5. The van der Waals surface area contributed by atoms with Gasteiger partial charge in [-0.15, -0.1) is 0 Å². The van der Waals surface area contributed by atoms with Gasteiger partial charge in [0.15, 0.2) is 6.61 Å². The summed E-state index contributed by atoms with van der Waals surface area (Å²) in [6.07, 6.45) is 0. The molecule has 126 valence electrons. The Hall–Kier alpha value is -2.54. The average Bonchev–Trinajstić information content (AvgIpc) is 2.49. The summed E-state index contributed by atoms with van der Waals surface area (Å²) in [7, 11) is -3.77. The second kappa shape index (κ2) is 5.83. The van der Waals surface area contributed by atoms with Crippen molar-refractivity contribution in [1.82, 2.24) is 0 Å². The fraction of sp³-hybridized carbons (Fsp3) is 0.235. The van der Waals surface area contributed by atoms with Crippen LogP contribution in [0.2, 0.25) is 0 Å². The number of ether oxygens (including phenoxy) is 1. The molecule has 0 fully saturated rings. The van der Waals surface area contributed by atoms with E-state index in [1.54, 1.807) is 19.1 Å². The number of carbonyl (C=O) groups excluding carboxylic acids is 1. The molecule has 0 atom stereocenters. The molecule has 0 spiro atoms. The van der Waals surface area contributed by atoms with Crippen molar-refractivity contribution in [3.63, 3.8) is 0 Å². The standard InChI is InChI=1S/C17H18N2O4S/c1-10-4-5-11(2)13(6-10)19-24(21,22)16-8-15-14(7-12(16)3)18-17(20)9-23-15/h4-8,19H,9H2,1-3H3,(H,18,20). The summed E-state index contributed by atoms with van der Waals surface area (Å²) in [4.78, 5) is 11.5. The van der Waals surface area contributed by atoms with E-state index in [2.05, 4.69) is 10.0 Å². The number of fused-ring (bicyclic) bond motifs is 1. The van der Waals surface area contributed by atoms with Crippen LogP contribution in [0, 0.1) is 20.8 Å². The van der Waals surface area contributed by atoms with Crippen LogP contribution in [0.1, 0.15) is 16.7 Å². The van der Waals surface area contributed by atoms with E-state index in [9.17, 15) is 13.2 Å². The van der Waals surface area contributed by atoms with Gasteiger partial charge in [0.05, 0.1) is 16.3 Å². The first-order valence-corrected chi connectivity index (χ1v) is 8.92. The van der Waals surface area contributed by atoms with Crippen LogP contribution in [0.4, 0.5) is 11.4 Å². The largest absolute Gasteiger partial charge is 0.482 e. The summed E-state index contributed by atoms with van der Waals surface area (Å²) in [6.45, 7) is 5.30. The number of anilines is 2. The SMILES string of the molecule is Cc1ccc(C)c(NS(=O)(=O)c2cc3c(cc2C)NC(=O)CO3)c1. The third-order valence-electron chi connectivity index (χ3n) is 3.84. The molecule has 2 N–H and O–H groups in total. The molecule has 0 saturated carbocycles. The number of amides is 1. The number of hydrogen-bond acceptors (Lipinski definition) is 4. The van der Waals surface area contributed by atoms with E-state index in [1.807, 2.05) is 26.0 Å². The fourth-order valence-corrected chi connectivity index (χ4v) is 3.92. The van der Waals surface area contributed by atoms with Crippen molar-refractivity contribution in [3.8, 4) is 5.75 Å². The molecule has 7 heteroatoms. The van der Waals surface area contributed by atoms with E-state index >= 15 is 0 Å². The second-order valence-electron chi connectivity index (χ2n) is 5.87. The molecule has 1 heterocycles. The lowest BCUT2D eigenvalue weighted by atomic mass is 10.1. The number of benzene rings is 2. The Labute approximate surface area is 140 Å². The number of hydrogen-bond donors (Lipinski definition) is 2. The number of nitrogens with one attached hydrogen (secondary N) is 2. The van der Waals surface area contributed by atoms with Crippen molar-refractivity contribution in [2.24, 2.45) is 0 Å². The van der Waals surface area contributed by atoms with Crippen molar-refractivity contribution >= 4 is 27.3 Å². The Balaban J connectivity index is 2.01. The van der Waals surface area contributed by atoms with Crippen molar-refractivity contribution in [2.75, 3.05) is 16.6 Å². The molecule has 0 aliphatic carbocycles. The Morgan fingerprint density at radius 2 is 1.83 bits per heavy atom. The lowest BCUT2D eigenvalue weighted by Gasteiger charge is -2.20. The Bertz CT molecular complexity index is 936. The van der Waals surface area contributed by atoms with Crippen LogP contribution in [0.3, 0.4) is 0 Å². The number of rotatable bonds is 3. The van der Waals surface area contributed by atoms with Gasteiger partial charge in [-0.1, -0.05) is 12.1 Å².